The van der Waals surface area contributed by atoms with E-state index in [-0.39, 0.29) is 56.5 Å². The van der Waals surface area contributed by atoms with E-state index in [0.717, 1.165) is 21.9 Å². The van der Waals surface area contributed by atoms with Crippen molar-refractivity contribution < 1.29 is 59.5 Å². The van der Waals surface area contributed by atoms with Crippen LogP contribution < -0.4 is 14.1 Å². The molecule has 4 heterocycles. The number of nitrogens with one attached hydrogen (secondary N) is 2. The lowest BCUT2D eigenvalue weighted by Crippen LogP contribution is -3.00. The highest BCUT2D eigenvalue weighted by molar-refractivity contribution is 7.89. The Morgan fingerprint density at radius 3 is 1.34 bits per heavy atom. The first-order chi connectivity index (χ1) is 36.3. The summed E-state index contributed by atoms with van der Waals surface area (Å²) < 4.78 is 79.9. The Hall–Kier alpha value is -8.02. The van der Waals surface area contributed by atoms with Gasteiger partial charge in [-0.15, -0.1) is 10.2 Å². The molecule has 426 valence electrons. The van der Waals surface area contributed by atoms with Crippen molar-refractivity contribution in [2.24, 2.45) is 11.8 Å². The molecule has 0 saturated carbocycles. The summed E-state index contributed by atoms with van der Waals surface area (Å²) in [5, 5.41) is 27.7. The van der Waals surface area contributed by atoms with Crippen LogP contribution in [0.1, 0.15) is 92.7 Å². The molecular weight excluding hydrogens is 1070 g/mol. The third-order valence-corrected chi connectivity index (χ3v) is 13.9. The zero-order chi connectivity index (χ0) is 58.1. The lowest BCUT2D eigenvalue weighted by Gasteiger charge is -2.30. The van der Waals surface area contributed by atoms with Crippen LogP contribution in [0, 0.1) is 27.8 Å². The number of amides is 4. The molecule has 79 heavy (non-hydrogen) atoms. The molecule has 6 aromatic rings. The molecule has 29 heteroatoms. The number of hydrogen-bond acceptors (Lipinski definition) is 18. The molecule has 0 unspecified atom stereocenters. The maximum Gasteiger partial charge on any atom is 0.417 e. The molecule has 2 aromatic carbocycles. The highest BCUT2D eigenvalue weighted by Crippen LogP contribution is 2.29. The van der Waals surface area contributed by atoms with Crippen molar-refractivity contribution in [1.82, 2.24) is 59.2 Å². The van der Waals surface area contributed by atoms with E-state index in [9.17, 15) is 50.5 Å². The van der Waals surface area contributed by atoms with Gasteiger partial charge in [-0.05, 0) is 104 Å². The van der Waals surface area contributed by atoms with Gasteiger partial charge in [0.1, 0.15) is 40.5 Å². The number of benzene rings is 2. The Morgan fingerprint density at radius 2 is 1.01 bits per heavy atom. The van der Waals surface area contributed by atoms with Crippen LogP contribution in [0.2, 0.25) is 0 Å². The molecule has 4 aromatic heterocycles. The van der Waals surface area contributed by atoms with Crippen LogP contribution in [0.15, 0.2) is 107 Å². The van der Waals surface area contributed by atoms with Gasteiger partial charge in [0.2, 0.25) is 20.0 Å². The maximum atomic E-state index is 13.9. The first-order valence-corrected chi connectivity index (χ1v) is 27.0. The van der Waals surface area contributed by atoms with Gasteiger partial charge in [-0.1, -0.05) is 62.4 Å². The second-order valence-electron chi connectivity index (χ2n) is 20.0. The molecule has 2 N–H and O–H groups in total. The maximum absolute atomic E-state index is 13.9. The van der Waals surface area contributed by atoms with Crippen molar-refractivity contribution in [1.29, 1.82) is 0 Å². The third kappa shape index (κ3) is 17.0. The van der Waals surface area contributed by atoms with Gasteiger partial charge in [0, 0.05) is 35.7 Å². The van der Waals surface area contributed by atoms with E-state index in [0.29, 0.717) is 22.5 Å². The van der Waals surface area contributed by atoms with Gasteiger partial charge in [-0.3, -0.25) is 29.7 Å². The predicted octanol–water partition coefficient (Wildman–Crippen LogP) is 3.87. The van der Waals surface area contributed by atoms with Gasteiger partial charge >= 0.3 is 12.2 Å². The summed E-state index contributed by atoms with van der Waals surface area (Å²) in [6, 6.07) is 14.7. The van der Waals surface area contributed by atoms with E-state index in [1.54, 1.807) is 93.5 Å². The molecule has 0 aliphatic heterocycles. The summed E-state index contributed by atoms with van der Waals surface area (Å²) in [7, 11) is -4.59. The summed E-state index contributed by atoms with van der Waals surface area (Å²) in [6.07, 6.45) is 3.68. The minimum absolute atomic E-state index is 0. The van der Waals surface area contributed by atoms with Crippen molar-refractivity contribution >= 4 is 49.7 Å². The molecule has 0 fully saturated rings. The summed E-state index contributed by atoms with van der Waals surface area (Å²) >= 11 is 0. The standard InChI is InChI=1S/C25H31FN6O5S.C25H31N7O7S.FH/c1-16(2)22(32-15-21(29-30-32)17-7-9-20(10-8-17)38(35,36)27-6)23(33)31(24(34)37-25(3,4)5)14-19-13-18(26)11-12-28-19;1-16(2)22(31-15-21(28-29-31)17-7-9-20(10-8-17)40(37,38)26-6)23(33)30(24(34)39-25(3,4)5)14-18-13-19(32(35)36)11-12-27-18;/h7-13,15-16,22,27H,14H2,1-6H3;7-13,15-16,22,26H,14H2,1-6H3;1H/p-1/t2*22-;/m00./s1/i26-1;;1-1. The summed E-state index contributed by atoms with van der Waals surface area (Å²) in [6.45, 7) is 16.4. The predicted molar refractivity (Wildman–Crippen MR) is 280 cm³/mol. The fourth-order valence-electron chi connectivity index (χ4n) is 7.29. The minimum Gasteiger partial charge on any atom is -1.00 e. The minimum atomic E-state index is -3.62. The molecule has 4 amide bonds. The number of aromatic nitrogens is 8. The van der Waals surface area contributed by atoms with E-state index < -0.39 is 78.1 Å². The monoisotopic (exact) mass is 1140 g/mol. The van der Waals surface area contributed by atoms with Crippen LogP contribution in [0.25, 0.3) is 22.5 Å². The fraction of sp³-hybridized carbons (Fsp3) is 0.400. The molecule has 0 bridgehead atoms. The Balaban J connectivity index is 0.000000337. The van der Waals surface area contributed by atoms with Crippen LogP contribution in [0.4, 0.5) is 19.7 Å². The van der Waals surface area contributed by atoms with Crippen LogP contribution in [0.5, 0.6) is 0 Å². The van der Waals surface area contributed by atoms with Gasteiger partial charge < -0.3 is 14.2 Å². The van der Waals surface area contributed by atoms with Gasteiger partial charge in [0.05, 0.1) is 51.6 Å². The second kappa shape index (κ2) is 26.1. The average molecular weight is 1140 g/mol. The summed E-state index contributed by atoms with van der Waals surface area (Å²) in [5.41, 5.74) is 0.141. The number of carbonyl (C=O) groups is 4. The van der Waals surface area contributed by atoms with Crippen LogP contribution >= 0.6 is 0 Å². The van der Waals surface area contributed by atoms with E-state index in [2.05, 4.69) is 40.0 Å². The number of imide groups is 2. The number of hydrogen-bond donors (Lipinski definition) is 2. The lowest BCUT2D eigenvalue weighted by molar-refractivity contribution is -0.385. The van der Waals surface area contributed by atoms with Crippen LogP contribution in [-0.4, -0.2) is 121 Å². The Bertz CT molecular complexity index is 3350. The smallest absolute Gasteiger partial charge is 0.417 e. The molecule has 0 spiro atoms. The molecule has 0 saturated heterocycles. The van der Waals surface area contributed by atoms with Crippen molar-refractivity contribution in [2.75, 3.05) is 14.1 Å². The number of nitro groups is 1. The van der Waals surface area contributed by atoms with Crippen molar-refractivity contribution in [2.45, 2.75) is 115 Å². The highest BCUT2D eigenvalue weighted by atomic mass is 32.2. The normalized spacial score (nSPS) is 12.6. The van der Waals surface area contributed by atoms with Gasteiger partial charge in [0.25, 0.3) is 17.5 Å². The molecule has 6 rings (SSSR count). The van der Waals surface area contributed by atoms with E-state index >= 15 is 0 Å². The number of ether oxygens (including phenoxy) is 2. The third-order valence-electron chi connectivity index (χ3n) is 11.0. The SMILES string of the molecule is CNS(=O)(=O)c1ccc(-c2cn([C@H](C(=O)N(Cc3cc([18F])ccn3)C(=O)OC(C)(C)C)C(C)C)nn2)cc1.CNS(=O)(=O)c1ccc(-c2cn([C@H](C(=O)N(Cc3cc([N+](=O)[O-])ccn3)C(=O)OC(C)(C)C)C(C)C)nn2)cc1.[18F-]. The first-order valence-electron chi connectivity index (χ1n) is 24.0. The van der Waals surface area contributed by atoms with E-state index in [1.807, 2.05) is 0 Å². The quantitative estimate of drug-likeness (QED) is 0.0967. The summed E-state index contributed by atoms with van der Waals surface area (Å²) in [4.78, 5) is 74.6. The molecule has 2 atom stereocenters. The number of halogens is 2. The Morgan fingerprint density at radius 1 is 0.646 bits per heavy atom. The van der Waals surface area contributed by atoms with Gasteiger partial charge in [-0.25, -0.2) is 59.4 Å². The lowest BCUT2D eigenvalue weighted by atomic mass is 10.0. The van der Waals surface area contributed by atoms with Crippen molar-refractivity contribution in [3.63, 3.8) is 0 Å². The van der Waals surface area contributed by atoms with Crippen LogP contribution in [0.3, 0.4) is 0 Å². The highest BCUT2D eigenvalue weighted by Gasteiger charge is 2.38. The second-order valence-corrected chi connectivity index (χ2v) is 23.8. The topological polar surface area (TPSA) is 316 Å². The van der Waals surface area contributed by atoms with Gasteiger partial charge in [-0.2, -0.15) is 0 Å². The van der Waals surface area contributed by atoms with Gasteiger partial charge in [0.15, 0.2) is 0 Å². The van der Waals surface area contributed by atoms with Crippen molar-refractivity contribution in [3.05, 3.63) is 125 Å². The zero-order valence-corrected chi connectivity index (χ0v) is 47.0. The molecule has 25 nitrogen and oxygen atoms in total. The Kier molecular flexibility index (Phi) is 21.0. The number of sulfonamides is 2. The van der Waals surface area contributed by atoms with E-state index in [4.69, 9.17) is 9.47 Å². The molecule has 0 aliphatic rings. The molecular formula is C50H62F2N13O12S2-. The summed E-state index contributed by atoms with van der Waals surface area (Å²) in [5.74, 6) is -2.56. The van der Waals surface area contributed by atoms with Crippen molar-refractivity contribution in [3.8, 4) is 22.5 Å². The molecule has 0 radical (unpaired) electrons. The van der Waals surface area contributed by atoms with Crippen LogP contribution in [-0.2, 0) is 52.2 Å². The number of carbonyl (C=O) groups excluding carboxylic acids is 4. The Labute approximate surface area is 455 Å². The zero-order valence-electron chi connectivity index (χ0n) is 45.4. The van der Waals surface area contributed by atoms with E-state index in [1.165, 1.54) is 84.6 Å². The largest absolute Gasteiger partial charge is 1.00 e. The number of nitrogens with zero attached hydrogens (tertiary/aromatic N) is 11. The average Bonchev–Trinajstić information content (AvgIpc) is 4.07. The fourth-order valence-corrected chi connectivity index (χ4v) is 8.75. The number of pyridine rings is 2. The number of rotatable bonds is 17. The first kappa shape index (κ1) is 63.5. The molecule has 0 aliphatic carbocycles.